The molecule has 0 unspecified atom stereocenters. The highest BCUT2D eigenvalue weighted by molar-refractivity contribution is 7.07. The highest BCUT2D eigenvalue weighted by atomic mass is 32.1. The van der Waals surface area contributed by atoms with Crippen LogP contribution < -0.4 is 15.8 Å². The monoisotopic (exact) mass is 276 g/mol. The van der Waals surface area contributed by atoms with Crippen molar-refractivity contribution in [1.29, 1.82) is 0 Å². The van der Waals surface area contributed by atoms with Crippen molar-refractivity contribution >= 4 is 22.9 Å². The van der Waals surface area contributed by atoms with Gasteiger partial charge in [-0.15, -0.1) is 0 Å². The third kappa shape index (κ3) is 3.26. The van der Waals surface area contributed by atoms with E-state index in [1.54, 1.807) is 29.5 Å². The van der Waals surface area contributed by atoms with Gasteiger partial charge in [0.25, 0.3) is 5.91 Å². The number of benzene rings is 1. The van der Waals surface area contributed by atoms with E-state index in [9.17, 15) is 4.79 Å². The Labute approximate surface area is 116 Å². The van der Waals surface area contributed by atoms with Gasteiger partial charge in [0, 0.05) is 6.54 Å². The van der Waals surface area contributed by atoms with Crippen LogP contribution in [-0.2, 0) is 6.42 Å². The molecule has 0 radical (unpaired) electrons. The van der Waals surface area contributed by atoms with Gasteiger partial charge in [0.2, 0.25) is 0 Å². The summed E-state index contributed by atoms with van der Waals surface area (Å²) < 4.78 is 5.10. The second-order valence-corrected chi connectivity index (χ2v) is 4.84. The second-order valence-electron chi connectivity index (χ2n) is 4.06. The van der Waals surface area contributed by atoms with Crippen molar-refractivity contribution in [1.82, 2.24) is 5.32 Å². The Balaban J connectivity index is 1.96. The van der Waals surface area contributed by atoms with E-state index in [-0.39, 0.29) is 5.91 Å². The summed E-state index contributed by atoms with van der Waals surface area (Å²) in [7, 11) is 1.53. The molecule has 0 spiro atoms. The van der Waals surface area contributed by atoms with Gasteiger partial charge in [0.15, 0.2) is 0 Å². The van der Waals surface area contributed by atoms with Crippen molar-refractivity contribution in [3.8, 4) is 5.75 Å². The maximum absolute atomic E-state index is 12.0. The summed E-state index contributed by atoms with van der Waals surface area (Å²) in [5.41, 5.74) is 7.92. The van der Waals surface area contributed by atoms with Crippen LogP contribution in [0.25, 0.3) is 0 Å². The summed E-state index contributed by atoms with van der Waals surface area (Å²) in [5.74, 6) is 0.345. The summed E-state index contributed by atoms with van der Waals surface area (Å²) in [6.07, 6.45) is 0.819. The van der Waals surface area contributed by atoms with Gasteiger partial charge in [-0.05, 0) is 40.9 Å². The van der Waals surface area contributed by atoms with Gasteiger partial charge in [-0.2, -0.15) is 11.3 Å². The average Bonchev–Trinajstić information content (AvgIpc) is 2.92. The van der Waals surface area contributed by atoms with Gasteiger partial charge >= 0.3 is 0 Å². The molecule has 4 nitrogen and oxygen atoms in total. The zero-order valence-corrected chi connectivity index (χ0v) is 11.5. The third-order valence-corrected chi connectivity index (χ3v) is 3.54. The lowest BCUT2D eigenvalue weighted by Crippen LogP contribution is -2.26. The molecule has 0 bridgehead atoms. The first kappa shape index (κ1) is 13.4. The Morgan fingerprint density at radius 3 is 2.95 bits per heavy atom. The van der Waals surface area contributed by atoms with Crippen molar-refractivity contribution in [3.05, 3.63) is 46.2 Å². The van der Waals surface area contributed by atoms with Gasteiger partial charge in [0.1, 0.15) is 5.75 Å². The summed E-state index contributed by atoms with van der Waals surface area (Å²) in [6.45, 7) is 0.590. The van der Waals surface area contributed by atoms with Crippen LogP contribution in [0.1, 0.15) is 15.9 Å². The van der Waals surface area contributed by atoms with Gasteiger partial charge in [-0.1, -0.05) is 6.07 Å². The first-order valence-corrected chi connectivity index (χ1v) is 6.88. The summed E-state index contributed by atoms with van der Waals surface area (Å²) >= 11 is 1.65. The molecular weight excluding hydrogens is 260 g/mol. The van der Waals surface area contributed by atoms with Crippen LogP contribution in [0, 0.1) is 0 Å². The Bertz CT molecular complexity index is 553. The van der Waals surface area contributed by atoms with E-state index in [2.05, 4.69) is 16.8 Å². The smallest absolute Gasteiger partial charge is 0.253 e. The number of methoxy groups -OCH3 is 1. The lowest BCUT2D eigenvalue weighted by Gasteiger charge is -2.10. The molecule has 0 aliphatic heterocycles. The number of thiophene rings is 1. The molecule has 100 valence electrons. The number of rotatable bonds is 5. The van der Waals surface area contributed by atoms with E-state index >= 15 is 0 Å². The molecule has 2 aromatic rings. The highest BCUT2D eigenvalue weighted by Gasteiger charge is 2.12. The van der Waals surface area contributed by atoms with Crippen LogP contribution in [0.4, 0.5) is 5.69 Å². The van der Waals surface area contributed by atoms with Crippen LogP contribution >= 0.6 is 11.3 Å². The fourth-order valence-electron chi connectivity index (χ4n) is 1.77. The zero-order chi connectivity index (χ0) is 13.7. The number of anilines is 1. The number of nitrogens with one attached hydrogen (secondary N) is 1. The van der Waals surface area contributed by atoms with Crippen LogP contribution in [0.2, 0.25) is 0 Å². The van der Waals surface area contributed by atoms with Crippen molar-refractivity contribution < 1.29 is 9.53 Å². The van der Waals surface area contributed by atoms with Crippen LogP contribution in [-0.4, -0.2) is 19.6 Å². The number of hydrogen-bond acceptors (Lipinski definition) is 4. The minimum atomic E-state index is -0.174. The molecule has 0 saturated heterocycles. The van der Waals surface area contributed by atoms with Gasteiger partial charge < -0.3 is 15.8 Å². The number of nitrogens with two attached hydrogens (primary N) is 1. The molecule has 1 heterocycles. The Morgan fingerprint density at radius 1 is 1.42 bits per heavy atom. The molecule has 1 aromatic heterocycles. The molecule has 2 rings (SSSR count). The average molecular weight is 276 g/mol. The van der Waals surface area contributed by atoms with Crippen LogP contribution in [0.3, 0.4) is 0 Å². The number of amides is 1. The standard InChI is InChI=1S/C14H16N2O2S/c1-18-12-4-2-3-11(13(12)15)14(17)16-7-5-10-6-8-19-9-10/h2-4,6,8-9H,5,7,15H2,1H3,(H,16,17). The van der Waals surface area contributed by atoms with E-state index in [0.29, 0.717) is 23.5 Å². The fraction of sp³-hybridized carbons (Fsp3) is 0.214. The molecule has 19 heavy (non-hydrogen) atoms. The van der Waals surface area contributed by atoms with E-state index in [4.69, 9.17) is 10.5 Å². The fourth-order valence-corrected chi connectivity index (χ4v) is 2.47. The second kappa shape index (κ2) is 6.24. The van der Waals surface area contributed by atoms with Gasteiger partial charge in [-0.3, -0.25) is 4.79 Å². The Morgan fingerprint density at radius 2 is 2.26 bits per heavy atom. The largest absolute Gasteiger partial charge is 0.495 e. The molecule has 3 N–H and O–H groups in total. The lowest BCUT2D eigenvalue weighted by atomic mass is 10.1. The van der Waals surface area contributed by atoms with E-state index in [1.165, 1.54) is 12.7 Å². The molecule has 0 fully saturated rings. The van der Waals surface area contributed by atoms with E-state index in [0.717, 1.165) is 6.42 Å². The first-order chi connectivity index (χ1) is 9.22. The lowest BCUT2D eigenvalue weighted by molar-refractivity contribution is 0.0955. The van der Waals surface area contributed by atoms with E-state index in [1.807, 2.05) is 5.38 Å². The predicted octanol–water partition coefficient (Wildman–Crippen LogP) is 2.31. The van der Waals surface area contributed by atoms with Gasteiger partial charge in [0.05, 0.1) is 18.4 Å². The number of nitrogen functional groups attached to an aromatic ring is 1. The predicted molar refractivity (Wildman–Crippen MR) is 77.8 cm³/mol. The molecule has 0 aliphatic rings. The number of carbonyl (C=O) groups is 1. The topological polar surface area (TPSA) is 64.3 Å². The van der Waals surface area contributed by atoms with E-state index < -0.39 is 0 Å². The van der Waals surface area contributed by atoms with Gasteiger partial charge in [-0.25, -0.2) is 0 Å². The zero-order valence-electron chi connectivity index (χ0n) is 10.7. The molecular formula is C14H16N2O2S. The molecule has 1 aromatic carbocycles. The minimum absolute atomic E-state index is 0.174. The molecule has 1 amide bonds. The number of ether oxygens (including phenoxy) is 1. The van der Waals surface area contributed by atoms with Crippen molar-refractivity contribution in [2.75, 3.05) is 19.4 Å². The minimum Gasteiger partial charge on any atom is -0.495 e. The molecule has 0 saturated carbocycles. The number of hydrogen-bond donors (Lipinski definition) is 2. The summed E-state index contributed by atoms with van der Waals surface area (Å²) in [5, 5.41) is 6.96. The third-order valence-electron chi connectivity index (χ3n) is 2.81. The molecule has 0 atom stereocenters. The number of carbonyl (C=O) groups excluding carboxylic acids is 1. The van der Waals surface area contributed by atoms with Crippen molar-refractivity contribution in [2.45, 2.75) is 6.42 Å². The van der Waals surface area contributed by atoms with Crippen LogP contribution in [0.15, 0.2) is 35.0 Å². The SMILES string of the molecule is COc1cccc(C(=O)NCCc2ccsc2)c1N. The summed E-state index contributed by atoms with van der Waals surface area (Å²) in [6, 6.07) is 7.23. The van der Waals surface area contributed by atoms with Crippen LogP contribution in [0.5, 0.6) is 5.75 Å². The maximum atomic E-state index is 12.0. The molecule has 0 aliphatic carbocycles. The summed E-state index contributed by atoms with van der Waals surface area (Å²) in [4.78, 5) is 12.0. The molecule has 5 heteroatoms. The quantitative estimate of drug-likeness (QED) is 0.824. The van der Waals surface area contributed by atoms with Crippen molar-refractivity contribution in [3.63, 3.8) is 0 Å². The highest BCUT2D eigenvalue weighted by Crippen LogP contribution is 2.24. The first-order valence-electron chi connectivity index (χ1n) is 5.94. The van der Waals surface area contributed by atoms with Crippen molar-refractivity contribution in [2.24, 2.45) is 0 Å². The number of para-hydroxylation sites is 1. The normalized spacial score (nSPS) is 10.2. The maximum Gasteiger partial charge on any atom is 0.253 e. The Hall–Kier alpha value is -2.01. The Kier molecular flexibility index (Phi) is 4.41.